The molecule has 0 N–H and O–H groups in total. The Morgan fingerprint density at radius 2 is 1.50 bits per heavy atom. The Morgan fingerprint density at radius 1 is 0.917 bits per heavy atom. The molecule has 0 saturated heterocycles. The standard InChI is InChI=1S/C18H36O5Si/c1-6-7-8-9-10-13-16-24(20-4,21-5)23-15-12-11-14-22-18(19)17(2)3/h2,6-16H2,1,3-5H3. The van der Waals surface area contributed by atoms with Gasteiger partial charge >= 0.3 is 14.8 Å². The molecule has 0 spiro atoms. The minimum absolute atomic E-state index is 0.337. The van der Waals surface area contributed by atoms with E-state index in [0.29, 0.717) is 18.8 Å². The molecule has 0 aliphatic rings. The summed E-state index contributed by atoms with van der Waals surface area (Å²) in [7, 11) is 0.803. The fourth-order valence-electron chi connectivity index (χ4n) is 2.32. The number of esters is 1. The molecule has 0 aromatic heterocycles. The third kappa shape index (κ3) is 11.0. The van der Waals surface area contributed by atoms with Crippen molar-refractivity contribution in [3.05, 3.63) is 12.2 Å². The van der Waals surface area contributed by atoms with Crippen molar-refractivity contribution in [2.24, 2.45) is 0 Å². The lowest BCUT2D eigenvalue weighted by Gasteiger charge is -2.26. The Kier molecular flexibility index (Phi) is 14.2. The summed E-state index contributed by atoms with van der Waals surface area (Å²) >= 11 is 0. The van der Waals surface area contributed by atoms with E-state index in [-0.39, 0.29) is 5.97 Å². The number of carbonyl (C=O) groups excluding carboxylic acids is 1. The van der Waals surface area contributed by atoms with Crippen molar-refractivity contribution in [1.82, 2.24) is 0 Å². The summed E-state index contributed by atoms with van der Waals surface area (Å²) in [5.41, 5.74) is 0.426. The van der Waals surface area contributed by atoms with Gasteiger partial charge in [0.25, 0.3) is 0 Å². The van der Waals surface area contributed by atoms with Gasteiger partial charge in [0, 0.05) is 32.4 Å². The van der Waals surface area contributed by atoms with E-state index in [1.807, 2.05) is 0 Å². The van der Waals surface area contributed by atoms with Gasteiger partial charge in [-0.05, 0) is 26.2 Å². The van der Waals surface area contributed by atoms with Crippen molar-refractivity contribution in [2.45, 2.75) is 71.3 Å². The summed E-state index contributed by atoms with van der Waals surface area (Å²) in [4.78, 5) is 11.3. The van der Waals surface area contributed by atoms with Gasteiger partial charge in [-0.1, -0.05) is 45.6 Å². The summed E-state index contributed by atoms with van der Waals surface area (Å²) in [6.45, 7) is 8.37. The molecule has 0 heterocycles. The van der Waals surface area contributed by atoms with E-state index in [1.54, 1.807) is 21.1 Å². The molecule has 0 rings (SSSR count). The van der Waals surface area contributed by atoms with Crippen molar-refractivity contribution >= 4 is 14.8 Å². The Bertz CT molecular complexity index is 342. The zero-order valence-electron chi connectivity index (χ0n) is 16.0. The van der Waals surface area contributed by atoms with Crippen LogP contribution in [0.2, 0.25) is 6.04 Å². The van der Waals surface area contributed by atoms with Gasteiger partial charge < -0.3 is 18.0 Å². The van der Waals surface area contributed by atoms with Crippen molar-refractivity contribution in [3.63, 3.8) is 0 Å². The molecule has 0 saturated carbocycles. The molecule has 0 aromatic rings. The van der Waals surface area contributed by atoms with E-state index in [4.69, 9.17) is 18.0 Å². The van der Waals surface area contributed by atoms with Crippen LogP contribution in [0.25, 0.3) is 0 Å². The van der Waals surface area contributed by atoms with E-state index >= 15 is 0 Å². The zero-order valence-corrected chi connectivity index (χ0v) is 17.0. The highest BCUT2D eigenvalue weighted by atomic mass is 28.4. The van der Waals surface area contributed by atoms with Crippen LogP contribution < -0.4 is 0 Å². The molecule has 0 aliphatic carbocycles. The molecule has 6 heteroatoms. The van der Waals surface area contributed by atoms with Gasteiger partial charge in [0.1, 0.15) is 0 Å². The molecule has 0 atom stereocenters. The normalized spacial score (nSPS) is 11.5. The van der Waals surface area contributed by atoms with Crippen molar-refractivity contribution < 1.29 is 22.8 Å². The van der Waals surface area contributed by atoms with Crippen LogP contribution in [0.5, 0.6) is 0 Å². The fourth-order valence-corrected chi connectivity index (χ4v) is 4.41. The molecular formula is C18H36O5Si. The molecule has 5 nitrogen and oxygen atoms in total. The number of hydrogen-bond acceptors (Lipinski definition) is 5. The number of unbranched alkanes of at least 4 members (excludes halogenated alkanes) is 6. The molecule has 142 valence electrons. The third-order valence-electron chi connectivity index (χ3n) is 3.90. The van der Waals surface area contributed by atoms with Crippen LogP contribution >= 0.6 is 0 Å². The van der Waals surface area contributed by atoms with Gasteiger partial charge in [-0.25, -0.2) is 4.79 Å². The lowest BCUT2D eigenvalue weighted by atomic mass is 10.1. The Labute approximate surface area is 149 Å². The molecular weight excluding hydrogens is 324 g/mol. The first-order valence-corrected chi connectivity index (χ1v) is 11.0. The maximum atomic E-state index is 11.3. The van der Waals surface area contributed by atoms with Crippen LogP contribution in [-0.4, -0.2) is 42.2 Å². The number of rotatable bonds is 16. The lowest BCUT2D eigenvalue weighted by molar-refractivity contribution is -0.139. The van der Waals surface area contributed by atoms with Gasteiger partial charge in [-0.15, -0.1) is 0 Å². The smallest absolute Gasteiger partial charge is 0.462 e. The molecule has 0 radical (unpaired) electrons. The van der Waals surface area contributed by atoms with Crippen LogP contribution in [0.15, 0.2) is 12.2 Å². The van der Waals surface area contributed by atoms with Gasteiger partial charge in [0.2, 0.25) is 0 Å². The first-order chi connectivity index (χ1) is 11.5. The first-order valence-electron chi connectivity index (χ1n) is 9.08. The predicted octanol–water partition coefficient (Wildman–Crippen LogP) is 4.49. The van der Waals surface area contributed by atoms with Crippen molar-refractivity contribution in [3.8, 4) is 0 Å². The Morgan fingerprint density at radius 3 is 2.08 bits per heavy atom. The van der Waals surface area contributed by atoms with Gasteiger partial charge in [-0.2, -0.15) is 0 Å². The molecule has 0 bridgehead atoms. The van der Waals surface area contributed by atoms with E-state index in [1.165, 1.54) is 32.1 Å². The van der Waals surface area contributed by atoms with Crippen LogP contribution in [0.3, 0.4) is 0 Å². The minimum Gasteiger partial charge on any atom is -0.462 e. The van der Waals surface area contributed by atoms with Crippen LogP contribution in [-0.2, 0) is 22.8 Å². The highest BCUT2D eigenvalue weighted by Crippen LogP contribution is 2.19. The fraction of sp³-hybridized carbons (Fsp3) is 0.833. The van der Waals surface area contributed by atoms with Crippen molar-refractivity contribution in [1.29, 1.82) is 0 Å². The minimum atomic E-state index is -2.53. The van der Waals surface area contributed by atoms with Crippen LogP contribution in [0, 0.1) is 0 Å². The maximum Gasteiger partial charge on any atom is 0.500 e. The second kappa shape index (κ2) is 14.6. The highest BCUT2D eigenvalue weighted by molar-refractivity contribution is 6.60. The van der Waals surface area contributed by atoms with Gasteiger partial charge in [0.05, 0.1) is 6.61 Å². The average Bonchev–Trinajstić information content (AvgIpc) is 2.59. The number of carbonyl (C=O) groups is 1. The average molecular weight is 361 g/mol. The zero-order chi connectivity index (χ0) is 18.3. The second-order valence-corrected chi connectivity index (χ2v) is 9.05. The molecule has 0 aromatic carbocycles. The monoisotopic (exact) mass is 360 g/mol. The van der Waals surface area contributed by atoms with Gasteiger partial charge in [0.15, 0.2) is 0 Å². The van der Waals surface area contributed by atoms with E-state index in [9.17, 15) is 4.79 Å². The first kappa shape index (κ1) is 23.3. The largest absolute Gasteiger partial charge is 0.500 e. The van der Waals surface area contributed by atoms with Gasteiger partial charge in [-0.3, -0.25) is 0 Å². The van der Waals surface area contributed by atoms with Crippen LogP contribution in [0.1, 0.15) is 65.2 Å². The Balaban J connectivity index is 3.88. The SMILES string of the molecule is C=C(C)C(=O)OCCCCO[Si](CCCCCCCC)(OC)OC. The maximum absolute atomic E-state index is 11.3. The van der Waals surface area contributed by atoms with E-state index in [2.05, 4.69) is 13.5 Å². The molecule has 0 amide bonds. The summed E-state index contributed by atoms with van der Waals surface area (Å²) in [5, 5.41) is 0. The summed E-state index contributed by atoms with van der Waals surface area (Å²) in [6.07, 6.45) is 8.97. The van der Waals surface area contributed by atoms with Crippen molar-refractivity contribution in [2.75, 3.05) is 27.4 Å². The summed E-state index contributed by atoms with van der Waals surface area (Å²) in [5.74, 6) is -0.337. The quantitative estimate of drug-likeness (QED) is 0.176. The molecule has 0 fully saturated rings. The van der Waals surface area contributed by atoms with E-state index < -0.39 is 8.80 Å². The Hall–Kier alpha value is -0.693. The topological polar surface area (TPSA) is 54.0 Å². The predicted molar refractivity (Wildman–Crippen MR) is 98.9 cm³/mol. The summed E-state index contributed by atoms with van der Waals surface area (Å²) < 4.78 is 22.2. The lowest BCUT2D eigenvalue weighted by Crippen LogP contribution is -2.44. The molecule has 0 unspecified atom stereocenters. The van der Waals surface area contributed by atoms with Crippen LogP contribution in [0.4, 0.5) is 0 Å². The third-order valence-corrected chi connectivity index (χ3v) is 6.75. The van der Waals surface area contributed by atoms with E-state index in [0.717, 1.165) is 25.3 Å². The second-order valence-electron chi connectivity index (χ2n) is 6.08. The molecule has 24 heavy (non-hydrogen) atoms. The number of ether oxygens (including phenoxy) is 1. The highest BCUT2D eigenvalue weighted by Gasteiger charge is 2.38. The molecule has 0 aliphatic heterocycles. The summed E-state index contributed by atoms with van der Waals surface area (Å²) in [6, 6.07) is 0.858. The number of hydrogen-bond donors (Lipinski definition) is 0.